The van der Waals surface area contributed by atoms with Crippen LogP contribution >= 0.6 is 0 Å². The molecule has 0 heterocycles. The number of carbonyl (C=O) groups is 2. The number of carbonyl (C=O) groups excluding carboxylic acids is 1. The molecule has 0 unspecified atom stereocenters. The standard InChI is InChI=1S/C24H21N3O5S/c1-14-10-11-18(24(29)30)16(12-14)8-5-9-17-13-19(15-6-3-2-4-7-15)21(25)20(23(26)28)22(17)33(27,31)32/h2-4,6-7,10-13H,8,25H2,1H3,(H2,26,28)(H,29,30)(H2,27,31,32). The third-order valence-corrected chi connectivity index (χ3v) is 5.92. The van der Waals surface area contributed by atoms with Gasteiger partial charge in [0.05, 0.1) is 16.8 Å². The Bertz CT molecular complexity index is 1440. The van der Waals surface area contributed by atoms with Gasteiger partial charge in [0.25, 0.3) is 5.91 Å². The first-order valence-electron chi connectivity index (χ1n) is 9.67. The van der Waals surface area contributed by atoms with Crippen LogP contribution in [0.3, 0.4) is 0 Å². The zero-order valence-electron chi connectivity index (χ0n) is 17.6. The van der Waals surface area contributed by atoms with Gasteiger partial charge < -0.3 is 16.6 Å². The van der Waals surface area contributed by atoms with Crippen molar-refractivity contribution in [2.45, 2.75) is 18.2 Å². The minimum Gasteiger partial charge on any atom is -0.478 e. The van der Waals surface area contributed by atoms with Crippen molar-refractivity contribution in [3.05, 3.63) is 82.4 Å². The van der Waals surface area contributed by atoms with Gasteiger partial charge in [0.2, 0.25) is 10.0 Å². The molecule has 3 aromatic rings. The van der Waals surface area contributed by atoms with Crippen molar-refractivity contribution in [1.82, 2.24) is 0 Å². The molecule has 0 saturated carbocycles. The molecule has 0 atom stereocenters. The summed E-state index contributed by atoms with van der Waals surface area (Å²) in [7, 11) is -4.43. The maximum atomic E-state index is 12.4. The van der Waals surface area contributed by atoms with Gasteiger partial charge in [-0.2, -0.15) is 0 Å². The number of rotatable bonds is 5. The quantitative estimate of drug-likeness (QED) is 0.334. The number of primary sulfonamides is 1. The summed E-state index contributed by atoms with van der Waals surface area (Å²) in [4.78, 5) is 23.1. The lowest BCUT2D eigenvalue weighted by Gasteiger charge is -2.15. The van der Waals surface area contributed by atoms with Gasteiger partial charge in [0.1, 0.15) is 4.90 Å². The number of hydrogen-bond acceptors (Lipinski definition) is 5. The van der Waals surface area contributed by atoms with Crippen molar-refractivity contribution in [2.24, 2.45) is 10.9 Å². The summed E-state index contributed by atoms with van der Waals surface area (Å²) in [6.45, 7) is 1.81. The van der Waals surface area contributed by atoms with Gasteiger partial charge >= 0.3 is 5.97 Å². The summed E-state index contributed by atoms with van der Waals surface area (Å²) in [5, 5.41) is 14.8. The van der Waals surface area contributed by atoms with E-state index in [4.69, 9.17) is 16.6 Å². The Kier molecular flexibility index (Phi) is 6.53. The lowest BCUT2D eigenvalue weighted by Crippen LogP contribution is -2.24. The zero-order valence-corrected chi connectivity index (χ0v) is 18.4. The third kappa shape index (κ3) is 5.03. The summed E-state index contributed by atoms with van der Waals surface area (Å²) in [5.41, 5.74) is 13.3. The fraction of sp³-hybridized carbons (Fsp3) is 0.0833. The van der Waals surface area contributed by atoms with Crippen molar-refractivity contribution in [3.63, 3.8) is 0 Å². The van der Waals surface area contributed by atoms with Crippen LogP contribution in [0.5, 0.6) is 0 Å². The van der Waals surface area contributed by atoms with Crippen molar-refractivity contribution < 1.29 is 23.1 Å². The Morgan fingerprint density at radius 3 is 2.30 bits per heavy atom. The average molecular weight is 464 g/mol. The summed E-state index contributed by atoms with van der Waals surface area (Å²) in [6.07, 6.45) is 0.0182. The molecule has 0 aliphatic carbocycles. The van der Waals surface area contributed by atoms with E-state index in [2.05, 4.69) is 11.8 Å². The monoisotopic (exact) mass is 463 g/mol. The highest BCUT2D eigenvalue weighted by Gasteiger charge is 2.27. The first-order valence-corrected chi connectivity index (χ1v) is 11.2. The number of amides is 1. The number of anilines is 1. The first kappa shape index (κ1) is 23.5. The van der Waals surface area contributed by atoms with Crippen LogP contribution in [0.1, 0.15) is 37.4 Å². The number of primary amides is 1. The van der Waals surface area contributed by atoms with Gasteiger partial charge in [-0.3, -0.25) is 4.79 Å². The number of aryl methyl sites for hydroxylation is 1. The van der Waals surface area contributed by atoms with Crippen LogP contribution < -0.4 is 16.6 Å². The van der Waals surface area contributed by atoms with Crippen LogP contribution in [0.4, 0.5) is 5.69 Å². The fourth-order valence-corrected chi connectivity index (χ4v) is 4.39. The second-order valence-corrected chi connectivity index (χ2v) is 8.81. The SMILES string of the molecule is Cc1ccc(C(=O)O)c(CC#Cc2cc(-c3ccccc3)c(N)c(C(N)=O)c2S(N)(=O)=O)c1. The Morgan fingerprint density at radius 1 is 1.06 bits per heavy atom. The number of carboxylic acid groups (broad SMARTS) is 1. The molecular formula is C24H21N3O5S. The predicted octanol–water partition coefficient (Wildman–Crippen LogP) is 2.28. The summed E-state index contributed by atoms with van der Waals surface area (Å²) in [5.74, 6) is 3.34. The second kappa shape index (κ2) is 9.16. The maximum absolute atomic E-state index is 12.4. The number of nitrogen functional groups attached to an aromatic ring is 1. The largest absolute Gasteiger partial charge is 0.478 e. The molecule has 168 valence electrons. The topological polar surface area (TPSA) is 167 Å². The van der Waals surface area contributed by atoms with Crippen molar-refractivity contribution in [1.29, 1.82) is 0 Å². The fourth-order valence-electron chi connectivity index (χ4n) is 3.48. The molecule has 0 aliphatic rings. The number of aromatic carboxylic acids is 1. The van der Waals surface area contributed by atoms with E-state index in [0.29, 0.717) is 16.7 Å². The van der Waals surface area contributed by atoms with Crippen LogP contribution in [-0.4, -0.2) is 25.4 Å². The van der Waals surface area contributed by atoms with E-state index in [1.54, 1.807) is 42.5 Å². The van der Waals surface area contributed by atoms with Crippen molar-refractivity contribution in [2.75, 3.05) is 5.73 Å². The number of benzene rings is 3. The van der Waals surface area contributed by atoms with Crippen LogP contribution in [0.25, 0.3) is 11.1 Å². The molecule has 3 aromatic carbocycles. The Balaban J connectivity index is 2.25. The molecule has 0 saturated heterocycles. The highest BCUT2D eigenvalue weighted by atomic mass is 32.2. The number of sulfonamides is 1. The Hall–Kier alpha value is -4.13. The van der Waals surface area contributed by atoms with Crippen molar-refractivity contribution >= 4 is 27.6 Å². The molecule has 9 heteroatoms. The lowest BCUT2D eigenvalue weighted by molar-refractivity contribution is 0.0695. The molecule has 0 aromatic heterocycles. The number of hydrogen-bond donors (Lipinski definition) is 4. The minimum atomic E-state index is -4.43. The molecule has 3 rings (SSSR count). The van der Waals surface area contributed by atoms with Crippen LogP contribution in [0.15, 0.2) is 59.5 Å². The Morgan fingerprint density at radius 2 is 1.73 bits per heavy atom. The van der Waals surface area contributed by atoms with Crippen LogP contribution in [0, 0.1) is 18.8 Å². The lowest BCUT2D eigenvalue weighted by atomic mass is 9.96. The van der Waals surface area contributed by atoms with E-state index < -0.39 is 32.4 Å². The van der Waals surface area contributed by atoms with Gasteiger partial charge in [-0.25, -0.2) is 18.4 Å². The van der Waals surface area contributed by atoms with Gasteiger partial charge in [0.15, 0.2) is 0 Å². The van der Waals surface area contributed by atoms with Gasteiger partial charge in [-0.15, -0.1) is 0 Å². The van der Waals surface area contributed by atoms with Crippen LogP contribution in [0.2, 0.25) is 0 Å². The minimum absolute atomic E-state index is 0.0182. The number of carboxylic acids is 1. The van der Waals surface area contributed by atoms with E-state index in [1.165, 1.54) is 12.1 Å². The molecule has 0 radical (unpaired) electrons. The van der Waals surface area contributed by atoms with E-state index in [1.807, 2.05) is 6.92 Å². The smallest absolute Gasteiger partial charge is 0.335 e. The second-order valence-electron chi connectivity index (χ2n) is 7.31. The average Bonchev–Trinajstić information content (AvgIpc) is 2.73. The predicted molar refractivity (Wildman–Crippen MR) is 125 cm³/mol. The van der Waals surface area contributed by atoms with Crippen molar-refractivity contribution in [3.8, 4) is 23.0 Å². The molecule has 33 heavy (non-hydrogen) atoms. The van der Waals surface area contributed by atoms with E-state index in [-0.39, 0.29) is 23.2 Å². The van der Waals surface area contributed by atoms with E-state index in [0.717, 1.165) is 5.56 Å². The Labute approximate surface area is 191 Å². The first-order chi connectivity index (χ1) is 15.5. The number of nitrogens with two attached hydrogens (primary N) is 3. The maximum Gasteiger partial charge on any atom is 0.335 e. The van der Waals surface area contributed by atoms with Gasteiger partial charge in [0, 0.05) is 17.5 Å². The van der Waals surface area contributed by atoms with E-state index >= 15 is 0 Å². The molecule has 0 bridgehead atoms. The zero-order chi connectivity index (χ0) is 24.3. The van der Waals surface area contributed by atoms with Gasteiger partial charge in [-0.1, -0.05) is 59.9 Å². The summed E-state index contributed by atoms with van der Waals surface area (Å²) in [6, 6.07) is 15.0. The third-order valence-electron chi connectivity index (χ3n) is 4.93. The summed E-state index contributed by atoms with van der Waals surface area (Å²) >= 11 is 0. The van der Waals surface area contributed by atoms with E-state index in [9.17, 15) is 23.1 Å². The highest BCUT2D eigenvalue weighted by molar-refractivity contribution is 7.89. The normalized spacial score (nSPS) is 10.8. The highest BCUT2D eigenvalue weighted by Crippen LogP contribution is 2.34. The summed E-state index contributed by atoms with van der Waals surface area (Å²) < 4.78 is 24.7. The van der Waals surface area contributed by atoms with Gasteiger partial charge in [-0.05, 0) is 30.2 Å². The molecule has 0 aliphatic heterocycles. The molecule has 8 nitrogen and oxygen atoms in total. The molecule has 1 amide bonds. The molecule has 0 spiro atoms. The van der Waals surface area contributed by atoms with Crippen LogP contribution in [-0.2, 0) is 16.4 Å². The molecule has 0 fully saturated rings. The molecular weight excluding hydrogens is 442 g/mol. The molecule has 7 N–H and O–H groups in total.